The van der Waals surface area contributed by atoms with Crippen LogP contribution in [0.1, 0.15) is 6.42 Å². The summed E-state index contributed by atoms with van der Waals surface area (Å²) in [6.07, 6.45) is 5.07. The van der Waals surface area contributed by atoms with E-state index >= 15 is 0 Å². The Hall–Kier alpha value is -1.53. The number of allylic oxidation sites excluding steroid dienone is 1. The molecule has 3 heterocycles. The number of alkyl halides is 1. The Morgan fingerprint density at radius 3 is 2.86 bits per heavy atom. The van der Waals surface area contributed by atoms with Gasteiger partial charge in [-0.2, -0.15) is 4.98 Å². The zero-order chi connectivity index (χ0) is 15.4. The maximum Gasteiger partial charge on any atom is 0.225 e. The van der Waals surface area contributed by atoms with Gasteiger partial charge in [0.15, 0.2) is 11.0 Å². The molecule has 1 aliphatic carbocycles. The summed E-state index contributed by atoms with van der Waals surface area (Å²) in [5.41, 5.74) is -0.00386. The minimum absolute atomic E-state index is 0.00386. The molecule has 0 unspecified atom stereocenters. The van der Waals surface area contributed by atoms with Crippen molar-refractivity contribution >= 4 is 39.9 Å². The van der Waals surface area contributed by atoms with Crippen molar-refractivity contribution in [1.29, 1.82) is 0 Å². The van der Waals surface area contributed by atoms with Crippen molar-refractivity contribution in [3.8, 4) is 0 Å². The molecule has 0 spiro atoms. The Bertz CT molecular complexity index is 798. The Kier molecular flexibility index (Phi) is 3.20. The summed E-state index contributed by atoms with van der Waals surface area (Å²) in [5.74, 6) is -0.424. The molecule has 2 aromatic heterocycles. The first kappa shape index (κ1) is 14.1. The highest BCUT2D eigenvalue weighted by Crippen LogP contribution is 2.46. The van der Waals surface area contributed by atoms with Crippen LogP contribution < -0.4 is 4.90 Å². The van der Waals surface area contributed by atoms with Crippen molar-refractivity contribution in [2.45, 2.75) is 18.6 Å². The quantitative estimate of drug-likeness (QED) is 0.451. The average molecular weight is 343 g/mol. The lowest BCUT2D eigenvalue weighted by molar-refractivity contribution is 0.438. The van der Waals surface area contributed by atoms with Crippen molar-refractivity contribution in [2.24, 2.45) is 5.92 Å². The van der Waals surface area contributed by atoms with E-state index in [0.29, 0.717) is 24.2 Å². The largest absolute Gasteiger partial charge is 0.346 e. The van der Waals surface area contributed by atoms with Crippen LogP contribution in [0, 0.1) is 11.7 Å². The minimum atomic E-state index is -0.918. The topological polar surface area (TPSA) is 41.9 Å². The molecule has 0 bridgehead atoms. The number of rotatable bonds is 1. The third-order valence-electron chi connectivity index (χ3n) is 4.14. The molecule has 0 aromatic carbocycles. The third-order valence-corrected chi connectivity index (χ3v) is 4.57. The molecule has 22 heavy (non-hydrogen) atoms. The second-order valence-electron chi connectivity index (χ2n) is 5.40. The first-order valence-electron chi connectivity index (χ1n) is 6.81. The van der Waals surface area contributed by atoms with Crippen molar-refractivity contribution in [1.82, 2.24) is 15.0 Å². The molecule has 1 fully saturated rings. The number of fused-ring (bicyclic) bond motifs is 2. The van der Waals surface area contributed by atoms with E-state index in [1.807, 2.05) is 12.2 Å². The summed E-state index contributed by atoms with van der Waals surface area (Å²) < 4.78 is 28.1. The molecule has 0 radical (unpaired) electrons. The van der Waals surface area contributed by atoms with Gasteiger partial charge in [0.2, 0.25) is 5.28 Å². The highest BCUT2D eigenvalue weighted by Gasteiger charge is 2.55. The van der Waals surface area contributed by atoms with Crippen LogP contribution in [0.25, 0.3) is 10.9 Å². The van der Waals surface area contributed by atoms with E-state index in [1.54, 1.807) is 4.90 Å². The van der Waals surface area contributed by atoms with Crippen LogP contribution in [0.5, 0.6) is 0 Å². The maximum absolute atomic E-state index is 14.1. The zero-order valence-corrected chi connectivity index (χ0v) is 12.7. The lowest BCUT2D eigenvalue weighted by atomic mass is 10.2. The van der Waals surface area contributed by atoms with Gasteiger partial charge >= 0.3 is 0 Å². The van der Waals surface area contributed by atoms with Gasteiger partial charge in [0, 0.05) is 18.7 Å². The van der Waals surface area contributed by atoms with Crippen LogP contribution in [0.2, 0.25) is 10.4 Å². The van der Waals surface area contributed by atoms with E-state index in [9.17, 15) is 8.78 Å². The predicted molar refractivity (Wildman–Crippen MR) is 80.6 cm³/mol. The van der Waals surface area contributed by atoms with Gasteiger partial charge in [0.25, 0.3) is 0 Å². The van der Waals surface area contributed by atoms with Crippen LogP contribution >= 0.6 is 23.2 Å². The van der Waals surface area contributed by atoms with Gasteiger partial charge < -0.3 is 4.90 Å². The van der Waals surface area contributed by atoms with Gasteiger partial charge in [-0.3, -0.25) is 0 Å². The molecule has 1 saturated carbocycles. The van der Waals surface area contributed by atoms with Crippen LogP contribution in [0.15, 0.2) is 18.3 Å². The van der Waals surface area contributed by atoms with Gasteiger partial charge in [-0.1, -0.05) is 23.8 Å². The Morgan fingerprint density at radius 1 is 1.23 bits per heavy atom. The lowest BCUT2D eigenvalue weighted by Gasteiger charge is -2.23. The summed E-state index contributed by atoms with van der Waals surface area (Å²) in [6, 6.07) is -0.275. The fourth-order valence-electron chi connectivity index (χ4n) is 2.99. The molecule has 0 amide bonds. The molecule has 4 nitrogen and oxygen atoms in total. The molecule has 2 aromatic rings. The summed E-state index contributed by atoms with van der Waals surface area (Å²) in [4.78, 5) is 13.7. The average Bonchev–Trinajstić information content (AvgIpc) is 3.18. The number of aromatic nitrogens is 3. The second kappa shape index (κ2) is 4.99. The van der Waals surface area contributed by atoms with E-state index < -0.39 is 12.0 Å². The molecular formula is C14H10Cl2F2N4. The number of nitrogens with zero attached hydrogens (tertiary/aromatic N) is 4. The second-order valence-corrected chi connectivity index (χ2v) is 6.10. The van der Waals surface area contributed by atoms with Crippen molar-refractivity contribution < 1.29 is 8.78 Å². The van der Waals surface area contributed by atoms with E-state index in [0.717, 1.165) is 0 Å². The number of pyridine rings is 1. The normalized spacial score (nSPS) is 26.9. The molecule has 2 aliphatic rings. The van der Waals surface area contributed by atoms with E-state index in [-0.39, 0.29) is 27.9 Å². The Labute approximate surface area is 134 Å². The zero-order valence-electron chi connectivity index (χ0n) is 11.2. The van der Waals surface area contributed by atoms with Crippen molar-refractivity contribution in [3.63, 3.8) is 0 Å². The fraction of sp³-hybridized carbons (Fsp3) is 0.357. The Morgan fingerprint density at radius 2 is 2.05 bits per heavy atom. The van der Waals surface area contributed by atoms with E-state index in [2.05, 4.69) is 15.0 Å². The number of hydrogen-bond donors (Lipinski definition) is 0. The monoisotopic (exact) mass is 342 g/mol. The SMILES string of the molecule is Fc1c(Cl)ncc2c(N3CC=CC[C@@H]4[C@@H](F)[C@@H]43)nc(Cl)nc12. The van der Waals surface area contributed by atoms with Crippen LogP contribution in [-0.4, -0.2) is 33.7 Å². The molecule has 1 aliphatic heterocycles. The molecule has 114 valence electrons. The minimum Gasteiger partial charge on any atom is -0.346 e. The molecule has 3 atom stereocenters. The van der Waals surface area contributed by atoms with Gasteiger partial charge in [0.1, 0.15) is 17.5 Å². The molecule has 0 N–H and O–H groups in total. The van der Waals surface area contributed by atoms with Gasteiger partial charge in [-0.05, 0) is 18.0 Å². The van der Waals surface area contributed by atoms with Crippen LogP contribution in [-0.2, 0) is 0 Å². The summed E-state index contributed by atoms with van der Waals surface area (Å²) in [5, 5.41) is -0.0133. The molecule has 0 saturated heterocycles. The van der Waals surface area contributed by atoms with E-state index in [1.165, 1.54) is 6.20 Å². The highest BCUT2D eigenvalue weighted by molar-refractivity contribution is 6.30. The summed E-state index contributed by atoms with van der Waals surface area (Å²) >= 11 is 11.6. The highest BCUT2D eigenvalue weighted by atomic mass is 35.5. The Balaban J connectivity index is 1.91. The standard InChI is InChI=1S/C14H10Cl2F2N4/c15-12-9(18)10-7(5-19-12)13(21-14(16)20-10)22-4-2-1-3-6-8(17)11(6)22/h1-2,5-6,8,11H,3-4H2/t6-,8-,11-/m1/s1. The van der Waals surface area contributed by atoms with Crippen LogP contribution in [0.3, 0.4) is 0 Å². The fourth-order valence-corrected chi connectivity index (χ4v) is 3.29. The van der Waals surface area contributed by atoms with E-state index in [4.69, 9.17) is 23.2 Å². The van der Waals surface area contributed by atoms with Crippen molar-refractivity contribution in [3.05, 3.63) is 34.6 Å². The smallest absolute Gasteiger partial charge is 0.225 e. The number of halogens is 4. The van der Waals surface area contributed by atoms with Gasteiger partial charge in [-0.25, -0.2) is 18.7 Å². The summed E-state index contributed by atoms with van der Waals surface area (Å²) in [7, 11) is 0. The molecule has 4 rings (SSSR count). The lowest BCUT2D eigenvalue weighted by Crippen LogP contribution is -2.29. The number of anilines is 1. The molecular weight excluding hydrogens is 333 g/mol. The first-order chi connectivity index (χ1) is 10.6. The predicted octanol–water partition coefficient (Wildman–Crippen LogP) is 3.57. The first-order valence-corrected chi connectivity index (χ1v) is 7.56. The summed E-state index contributed by atoms with van der Waals surface area (Å²) in [6.45, 7) is 0.480. The molecule has 8 heteroatoms. The number of hydrogen-bond acceptors (Lipinski definition) is 4. The van der Waals surface area contributed by atoms with Crippen molar-refractivity contribution in [2.75, 3.05) is 11.4 Å². The maximum atomic E-state index is 14.1. The van der Waals surface area contributed by atoms with Crippen LogP contribution in [0.4, 0.5) is 14.6 Å². The van der Waals surface area contributed by atoms with Gasteiger partial charge in [-0.15, -0.1) is 0 Å². The third kappa shape index (κ3) is 2.05. The van der Waals surface area contributed by atoms with Gasteiger partial charge in [0.05, 0.1) is 11.4 Å².